The lowest BCUT2D eigenvalue weighted by Gasteiger charge is -2.24. The molecular weight excluding hydrogens is 351 g/mol. The van der Waals surface area contributed by atoms with Crippen molar-refractivity contribution in [3.8, 4) is 0 Å². The van der Waals surface area contributed by atoms with Gasteiger partial charge in [-0.3, -0.25) is 4.79 Å². The number of hydrogen-bond acceptors (Lipinski definition) is 3. The Hall–Kier alpha value is -1.46. The molecule has 0 fully saturated rings. The van der Waals surface area contributed by atoms with E-state index in [4.69, 9.17) is 27.9 Å². The summed E-state index contributed by atoms with van der Waals surface area (Å²) in [5.74, 6) is -0.127. The van der Waals surface area contributed by atoms with Gasteiger partial charge in [-0.15, -0.1) is 0 Å². The Morgan fingerprint density at radius 1 is 1.17 bits per heavy atom. The summed E-state index contributed by atoms with van der Waals surface area (Å²) >= 11 is 11.8. The van der Waals surface area contributed by atoms with Gasteiger partial charge in [-0.05, 0) is 51.3 Å². The standard InChI is InChI=1S/C17H24Cl2N2O3/c1-10(2)8-14(21-16(23)24-17(3,4)5)15(22)20-11-6-7-12(18)13(19)9-11/h6-7,9-10,14H,8H2,1-5H3,(H,20,22)(H,21,23)/t14-/m0/s1. The van der Waals surface area contributed by atoms with Gasteiger partial charge in [-0.2, -0.15) is 0 Å². The predicted molar refractivity (Wildman–Crippen MR) is 97.7 cm³/mol. The summed E-state index contributed by atoms with van der Waals surface area (Å²) < 4.78 is 5.22. The monoisotopic (exact) mass is 374 g/mol. The minimum Gasteiger partial charge on any atom is -0.444 e. The zero-order valence-electron chi connectivity index (χ0n) is 14.6. The van der Waals surface area contributed by atoms with Gasteiger partial charge in [-0.1, -0.05) is 37.0 Å². The molecule has 1 aromatic carbocycles. The lowest BCUT2D eigenvalue weighted by molar-refractivity contribution is -0.118. The molecule has 1 aromatic rings. The number of halogens is 2. The fourth-order valence-corrected chi connectivity index (χ4v) is 2.25. The van der Waals surface area contributed by atoms with Crippen LogP contribution in [0.1, 0.15) is 41.0 Å². The maximum absolute atomic E-state index is 12.5. The maximum Gasteiger partial charge on any atom is 0.408 e. The van der Waals surface area contributed by atoms with Crippen LogP contribution in [-0.2, 0) is 9.53 Å². The minimum absolute atomic E-state index is 0.212. The highest BCUT2D eigenvalue weighted by Crippen LogP contribution is 2.25. The fourth-order valence-electron chi connectivity index (χ4n) is 1.96. The summed E-state index contributed by atoms with van der Waals surface area (Å²) in [5, 5.41) is 6.10. The highest BCUT2D eigenvalue weighted by Gasteiger charge is 2.25. The molecule has 0 saturated carbocycles. The van der Waals surface area contributed by atoms with E-state index in [1.165, 1.54) is 0 Å². The first kappa shape index (κ1) is 20.6. The Morgan fingerprint density at radius 2 is 1.79 bits per heavy atom. The predicted octanol–water partition coefficient (Wildman–Crippen LogP) is 4.87. The highest BCUT2D eigenvalue weighted by molar-refractivity contribution is 6.42. The number of ether oxygens (including phenoxy) is 1. The average molecular weight is 375 g/mol. The molecule has 0 aliphatic carbocycles. The van der Waals surface area contributed by atoms with Crippen molar-refractivity contribution in [1.29, 1.82) is 0 Å². The van der Waals surface area contributed by atoms with Crippen LogP contribution in [0.3, 0.4) is 0 Å². The van der Waals surface area contributed by atoms with Gasteiger partial charge >= 0.3 is 6.09 Å². The molecule has 1 rings (SSSR count). The second kappa shape index (κ2) is 8.58. The van der Waals surface area contributed by atoms with E-state index < -0.39 is 17.7 Å². The van der Waals surface area contributed by atoms with Crippen molar-refractivity contribution in [1.82, 2.24) is 5.32 Å². The van der Waals surface area contributed by atoms with Gasteiger partial charge in [0.2, 0.25) is 5.91 Å². The summed E-state index contributed by atoms with van der Waals surface area (Å²) in [6, 6.07) is 4.08. The number of carbonyl (C=O) groups excluding carboxylic acids is 2. The molecule has 0 unspecified atom stereocenters. The van der Waals surface area contributed by atoms with Crippen molar-refractivity contribution < 1.29 is 14.3 Å². The number of benzene rings is 1. The second-order valence-electron chi connectivity index (χ2n) is 6.95. The summed E-state index contributed by atoms with van der Waals surface area (Å²) in [4.78, 5) is 24.4. The number of nitrogens with one attached hydrogen (secondary N) is 2. The van der Waals surface area contributed by atoms with Crippen LogP contribution >= 0.6 is 23.2 Å². The third kappa shape index (κ3) is 7.41. The van der Waals surface area contributed by atoms with Gasteiger partial charge in [0, 0.05) is 5.69 Å². The van der Waals surface area contributed by atoms with Gasteiger partial charge in [-0.25, -0.2) is 4.79 Å². The topological polar surface area (TPSA) is 67.4 Å². The Labute approximate surface area is 153 Å². The molecule has 1 atom stereocenters. The van der Waals surface area contributed by atoms with Crippen molar-refractivity contribution in [3.05, 3.63) is 28.2 Å². The van der Waals surface area contributed by atoms with Crippen LogP contribution in [0.4, 0.5) is 10.5 Å². The quantitative estimate of drug-likeness (QED) is 0.772. The number of rotatable bonds is 5. The van der Waals surface area contributed by atoms with E-state index in [2.05, 4.69) is 10.6 Å². The van der Waals surface area contributed by atoms with Gasteiger partial charge < -0.3 is 15.4 Å². The third-order valence-corrected chi connectivity index (χ3v) is 3.64. The van der Waals surface area contributed by atoms with Crippen LogP contribution < -0.4 is 10.6 Å². The van der Waals surface area contributed by atoms with E-state index in [1.807, 2.05) is 13.8 Å². The first-order chi connectivity index (χ1) is 11.0. The molecule has 7 heteroatoms. The summed E-state index contributed by atoms with van der Waals surface area (Å²) in [6.07, 6.45) is -0.149. The van der Waals surface area contributed by atoms with Gasteiger partial charge in [0.25, 0.3) is 0 Å². The van der Waals surface area contributed by atoms with E-state index in [1.54, 1.807) is 39.0 Å². The number of hydrogen-bond donors (Lipinski definition) is 2. The molecule has 0 aliphatic heterocycles. The zero-order valence-corrected chi connectivity index (χ0v) is 16.1. The molecule has 0 aromatic heterocycles. The fraction of sp³-hybridized carbons (Fsp3) is 0.529. The molecule has 0 heterocycles. The van der Waals surface area contributed by atoms with Gasteiger partial charge in [0.05, 0.1) is 10.0 Å². The number of alkyl carbamates (subject to hydrolysis) is 1. The van der Waals surface area contributed by atoms with E-state index in [0.717, 1.165) is 0 Å². The van der Waals surface area contributed by atoms with Crippen LogP contribution in [0.2, 0.25) is 10.0 Å². The Bertz CT molecular complexity index is 598. The first-order valence-electron chi connectivity index (χ1n) is 7.73. The van der Waals surface area contributed by atoms with Crippen LogP contribution in [0.5, 0.6) is 0 Å². The number of anilines is 1. The van der Waals surface area contributed by atoms with Crippen LogP contribution in [-0.4, -0.2) is 23.6 Å². The van der Waals surface area contributed by atoms with Crippen LogP contribution in [0.25, 0.3) is 0 Å². The van der Waals surface area contributed by atoms with E-state index in [-0.39, 0.29) is 11.8 Å². The zero-order chi connectivity index (χ0) is 18.5. The first-order valence-corrected chi connectivity index (χ1v) is 8.49. The SMILES string of the molecule is CC(C)C[C@H](NC(=O)OC(C)(C)C)C(=O)Nc1ccc(Cl)c(Cl)c1. The summed E-state index contributed by atoms with van der Waals surface area (Å²) in [5.41, 5.74) is -0.124. The molecule has 0 aliphatic rings. The van der Waals surface area contributed by atoms with Crippen molar-refractivity contribution >= 4 is 40.9 Å². The molecule has 2 amide bonds. The van der Waals surface area contributed by atoms with Crippen LogP contribution in [0.15, 0.2) is 18.2 Å². The maximum atomic E-state index is 12.5. The van der Waals surface area contributed by atoms with Crippen molar-refractivity contribution in [2.45, 2.75) is 52.7 Å². The molecule has 2 N–H and O–H groups in total. The lowest BCUT2D eigenvalue weighted by Crippen LogP contribution is -2.46. The molecule has 0 radical (unpaired) electrons. The van der Waals surface area contributed by atoms with Crippen molar-refractivity contribution in [2.24, 2.45) is 5.92 Å². The smallest absolute Gasteiger partial charge is 0.408 e. The van der Waals surface area contributed by atoms with Crippen molar-refractivity contribution in [2.75, 3.05) is 5.32 Å². The summed E-state index contributed by atoms with van der Waals surface area (Å²) in [6.45, 7) is 9.23. The largest absolute Gasteiger partial charge is 0.444 e. The molecule has 24 heavy (non-hydrogen) atoms. The third-order valence-electron chi connectivity index (χ3n) is 2.90. The van der Waals surface area contributed by atoms with Crippen molar-refractivity contribution in [3.63, 3.8) is 0 Å². The molecule has 0 bridgehead atoms. The molecule has 5 nitrogen and oxygen atoms in total. The molecule has 0 spiro atoms. The van der Waals surface area contributed by atoms with E-state index in [0.29, 0.717) is 22.2 Å². The Morgan fingerprint density at radius 3 is 2.29 bits per heavy atom. The number of carbonyl (C=O) groups is 2. The van der Waals surface area contributed by atoms with E-state index >= 15 is 0 Å². The van der Waals surface area contributed by atoms with E-state index in [9.17, 15) is 9.59 Å². The Kier molecular flexibility index (Phi) is 7.36. The molecule has 0 saturated heterocycles. The van der Waals surface area contributed by atoms with Crippen LogP contribution in [0, 0.1) is 5.92 Å². The van der Waals surface area contributed by atoms with Gasteiger partial charge in [0.15, 0.2) is 0 Å². The Balaban J connectivity index is 2.80. The number of amides is 2. The highest BCUT2D eigenvalue weighted by atomic mass is 35.5. The van der Waals surface area contributed by atoms with Gasteiger partial charge in [0.1, 0.15) is 11.6 Å². The average Bonchev–Trinajstić information content (AvgIpc) is 2.39. The lowest BCUT2D eigenvalue weighted by atomic mass is 10.0. The normalized spacial score (nSPS) is 12.7. The minimum atomic E-state index is -0.714. The second-order valence-corrected chi connectivity index (χ2v) is 7.76. The molecule has 134 valence electrons. The molecular formula is C17H24Cl2N2O3. The summed E-state index contributed by atoms with van der Waals surface area (Å²) in [7, 11) is 0.